The van der Waals surface area contributed by atoms with E-state index in [0.29, 0.717) is 29.3 Å². The molecule has 8 nitrogen and oxygen atoms in total. The molecule has 0 radical (unpaired) electrons. The van der Waals surface area contributed by atoms with Crippen molar-refractivity contribution in [1.82, 2.24) is 24.8 Å². The van der Waals surface area contributed by atoms with E-state index in [9.17, 15) is 9.18 Å². The lowest BCUT2D eigenvalue weighted by molar-refractivity contribution is 0.0932. The summed E-state index contributed by atoms with van der Waals surface area (Å²) in [5.74, 6) is 0.563. The molecule has 0 fully saturated rings. The number of carbonyl (C=O) groups excluding carboxylic acids is 1. The van der Waals surface area contributed by atoms with Crippen LogP contribution in [0.15, 0.2) is 77.6 Å². The van der Waals surface area contributed by atoms with Gasteiger partial charge in [0.25, 0.3) is 5.91 Å². The maximum absolute atomic E-state index is 13.1. The molecule has 1 amide bonds. The summed E-state index contributed by atoms with van der Waals surface area (Å²) in [6, 6.07) is 16.1. The number of halogens is 1. The average Bonchev–Trinajstić information content (AvgIpc) is 3.50. The minimum atomic E-state index is -0.515. The molecule has 0 saturated carbocycles. The second kappa shape index (κ2) is 9.38. The normalized spacial score (nSPS) is 12.0. The molecule has 1 unspecified atom stereocenters. The third-order valence-corrected chi connectivity index (χ3v) is 5.41. The van der Waals surface area contributed by atoms with Crippen molar-refractivity contribution in [2.75, 3.05) is 0 Å². The fraction of sp³-hybridized carbons (Fsp3) is 0.154. The van der Waals surface area contributed by atoms with Gasteiger partial charge in [0.15, 0.2) is 0 Å². The maximum Gasteiger partial charge on any atom is 0.251 e. The first kappa shape index (κ1) is 22.3. The van der Waals surface area contributed by atoms with E-state index in [0.717, 1.165) is 16.9 Å². The molecule has 35 heavy (non-hydrogen) atoms. The second-order valence-corrected chi connectivity index (χ2v) is 8.18. The molecular weight excluding hydrogens is 449 g/mol. The number of benzene rings is 2. The van der Waals surface area contributed by atoms with Crippen LogP contribution in [-0.2, 0) is 6.61 Å². The summed E-state index contributed by atoms with van der Waals surface area (Å²) in [5.41, 5.74) is 3.91. The summed E-state index contributed by atoms with van der Waals surface area (Å²) < 4.78 is 26.2. The van der Waals surface area contributed by atoms with Gasteiger partial charge >= 0.3 is 0 Å². The smallest absolute Gasteiger partial charge is 0.251 e. The molecule has 2 aromatic carbocycles. The lowest BCUT2D eigenvalue weighted by Gasteiger charge is -2.10. The average molecular weight is 471 g/mol. The number of fused-ring (bicyclic) bond motifs is 1. The van der Waals surface area contributed by atoms with Crippen molar-refractivity contribution in [3.63, 3.8) is 0 Å². The second-order valence-electron chi connectivity index (χ2n) is 8.18. The van der Waals surface area contributed by atoms with Crippen LogP contribution in [0.3, 0.4) is 0 Å². The number of ether oxygens (including phenoxy) is 1. The van der Waals surface area contributed by atoms with Gasteiger partial charge in [-0.05, 0) is 74.0 Å². The van der Waals surface area contributed by atoms with Gasteiger partial charge in [-0.1, -0.05) is 11.2 Å². The third-order valence-electron chi connectivity index (χ3n) is 5.41. The van der Waals surface area contributed by atoms with E-state index in [2.05, 4.69) is 20.4 Å². The van der Waals surface area contributed by atoms with Crippen LogP contribution in [-0.4, -0.2) is 25.4 Å². The largest absolute Gasteiger partial charge is 0.487 e. The molecule has 5 rings (SSSR count). The van der Waals surface area contributed by atoms with Crippen LogP contribution in [0.1, 0.15) is 40.5 Å². The van der Waals surface area contributed by atoms with E-state index >= 15 is 0 Å². The zero-order valence-corrected chi connectivity index (χ0v) is 19.1. The molecule has 0 aliphatic rings. The summed E-state index contributed by atoms with van der Waals surface area (Å²) in [4.78, 5) is 21.5. The summed E-state index contributed by atoms with van der Waals surface area (Å²) in [6.45, 7) is 4.09. The number of amides is 1. The highest BCUT2D eigenvalue weighted by Crippen LogP contribution is 2.20. The van der Waals surface area contributed by atoms with Crippen LogP contribution in [0.25, 0.3) is 17.0 Å². The summed E-state index contributed by atoms with van der Waals surface area (Å²) in [7, 11) is 0. The molecule has 3 heterocycles. The van der Waals surface area contributed by atoms with Crippen LogP contribution in [0.5, 0.6) is 5.75 Å². The minimum absolute atomic E-state index is 0.250. The monoisotopic (exact) mass is 471 g/mol. The first-order valence-corrected chi connectivity index (χ1v) is 11.0. The van der Waals surface area contributed by atoms with Gasteiger partial charge in [-0.25, -0.2) is 9.37 Å². The molecule has 0 spiro atoms. The summed E-state index contributed by atoms with van der Waals surface area (Å²) in [5, 5.41) is 6.74. The Bertz CT molecular complexity index is 1480. The number of nitrogens with zero attached hydrogens (tertiary/aromatic N) is 4. The fourth-order valence-electron chi connectivity index (χ4n) is 3.55. The fourth-order valence-corrected chi connectivity index (χ4v) is 3.55. The molecule has 176 valence electrons. The summed E-state index contributed by atoms with van der Waals surface area (Å²) in [6.07, 6.45) is 3.95. The highest BCUT2D eigenvalue weighted by atomic mass is 19.1. The number of aryl methyl sites for hydroxylation is 1. The molecule has 1 atom stereocenters. The summed E-state index contributed by atoms with van der Waals surface area (Å²) >= 11 is 0. The Morgan fingerprint density at radius 1 is 1.06 bits per heavy atom. The van der Waals surface area contributed by atoms with Gasteiger partial charge in [-0.2, -0.15) is 4.98 Å². The number of carbonyl (C=O) groups is 1. The number of rotatable bonds is 7. The minimum Gasteiger partial charge on any atom is -0.487 e. The number of hydrogen-bond acceptors (Lipinski definition) is 6. The maximum atomic E-state index is 13.1. The Kier molecular flexibility index (Phi) is 5.97. The van der Waals surface area contributed by atoms with Gasteiger partial charge in [0.1, 0.15) is 29.9 Å². The van der Waals surface area contributed by atoms with Crippen molar-refractivity contribution in [1.29, 1.82) is 0 Å². The van der Waals surface area contributed by atoms with Crippen molar-refractivity contribution in [2.24, 2.45) is 0 Å². The van der Waals surface area contributed by atoms with E-state index in [-0.39, 0.29) is 17.6 Å². The molecule has 0 aliphatic heterocycles. The topological polar surface area (TPSA) is 94.5 Å². The number of imidazole rings is 1. The molecular formula is C26H22FN5O3. The molecule has 9 heteroatoms. The van der Waals surface area contributed by atoms with E-state index in [1.54, 1.807) is 43.3 Å². The third kappa shape index (κ3) is 5.03. The number of hydrogen-bond donors (Lipinski definition) is 1. The first-order valence-electron chi connectivity index (χ1n) is 11.0. The van der Waals surface area contributed by atoms with Crippen molar-refractivity contribution in [3.05, 3.63) is 102 Å². The molecule has 0 aliphatic carbocycles. The standard InChI is InChI=1S/C26H22FN5O3/c1-16-3-12-23-29-21(14-32(23)13-16)15-34-22-10-6-19(7-11-22)25(33)28-17(2)26-30-24(31-35-26)18-4-8-20(27)9-5-18/h3-14,17H,15H2,1-2H3,(H,28,33). The Labute approximate surface area is 200 Å². The van der Waals surface area contributed by atoms with Crippen LogP contribution in [0.2, 0.25) is 0 Å². The Balaban J connectivity index is 1.18. The zero-order chi connectivity index (χ0) is 24.4. The van der Waals surface area contributed by atoms with Crippen molar-refractivity contribution in [2.45, 2.75) is 26.5 Å². The van der Waals surface area contributed by atoms with Gasteiger partial charge in [0, 0.05) is 23.5 Å². The lowest BCUT2D eigenvalue weighted by atomic mass is 10.2. The zero-order valence-electron chi connectivity index (χ0n) is 19.1. The Hall–Kier alpha value is -4.53. The van der Waals surface area contributed by atoms with E-state index in [1.165, 1.54) is 12.1 Å². The first-order chi connectivity index (χ1) is 16.9. The molecule has 0 bridgehead atoms. The van der Waals surface area contributed by atoms with Crippen molar-refractivity contribution >= 4 is 11.6 Å². The van der Waals surface area contributed by atoms with E-state index in [1.807, 2.05) is 35.9 Å². The van der Waals surface area contributed by atoms with Crippen LogP contribution < -0.4 is 10.1 Å². The van der Waals surface area contributed by atoms with Gasteiger partial charge in [-0.3, -0.25) is 4.79 Å². The highest BCUT2D eigenvalue weighted by Gasteiger charge is 2.18. The van der Waals surface area contributed by atoms with Crippen LogP contribution in [0, 0.1) is 12.7 Å². The van der Waals surface area contributed by atoms with Gasteiger partial charge < -0.3 is 19.0 Å². The quantitative estimate of drug-likeness (QED) is 0.363. The van der Waals surface area contributed by atoms with Crippen LogP contribution >= 0.6 is 0 Å². The Morgan fingerprint density at radius 3 is 2.60 bits per heavy atom. The predicted octanol–water partition coefficient (Wildman–Crippen LogP) is 4.90. The highest BCUT2D eigenvalue weighted by molar-refractivity contribution is 5.94. The SMILES string of the molecule is Cc1ccc2nc(COc3ccc(C(=O)NC(C)c4nc(-c5ccc(F)cc5)no4)cc3)cn2c1. The Morgan fingerprint density at radius 2 is 1.83 bits per heavy atom. The molecule has 0 saturated heterocycles. The lowest BCUT2D eigenvalue weighted by Crippen LogP contribution is -2.26. The molecule has 5 aromatic rings. The van der Waals surface area contributed by atoms with E-state index in [4.69, 9.17) is 9.26 Å². The van der Waals surface area contributed by atoms with Crippen molar-refractivity contribution < 1.29 is 18.4 Å². The number of aromatic nitrogens is 4. The number of nitrogens with one attached hydrogen (secondary N) is 1. The van der Waals surface area contributed by atoms with Gasteiger partial charge in [-0.15, -0.1) is 0 Å². The molecule has 1 N–H and O–H groups in total. The number of pyridine rings is 1. The van der Waals surface area contributed by atoms with Gasteiger partial charge in [0.05, 0.1) is 5.69 Å². The van der Waals surface area contributed by atoms with E-state index < -0.39 is 6.04 Å². The van der Waals surface area contributed by atoms with Crippen LogP contribution in [0.4, 0.5) is 4.39 Å². The predicted molar refractivity (Wildman–Crippen MR) is 126 cm³/mol. The molecule has 3 aromatic heterocycles. The van der Waals surface area contributed by atoms with Crippen molar-refractivity contribution in [3.8, 4) is 17.1 Å². The van der Waals surface area contributed by atoms with Gasteiger partial charge in [0.2, 0.25) is 11.7 Å².